The Bertz CT molecular complexity index is 1760. The maximum Gasteiger partial charge on any atom is 0.331 e. The van der Waals surface area contributed by atoms with Crippen molar-refractivity contribution < 1.29 is 4.79 Å². The molecule has 0 unspecified atom stereocenters. The Morgan fingerprint density at radius 2 is 1.57 bits per heavy atom. The Morgan fingerprint density at radius 3 is 2.34 bits per heavy atom. The number of aryl methyl sites for hydroxylation is 1. The average molecular weight is 647 g/mol. The number of piperazine rings is 1. The molecule has 1 aliphatic rings. The number of anilines is 4. The van der Waals surface area contributed by atoms with E-state index in [9.17, 15) is 4.79 Å². The van der Waals surface area contributed by atoms with E-state index in [1.165, 1.54) is 11.1 Å². The van der Waals surface area contributed by atoms with Gasteiger partial charge in [-0.25, -0.2) is 4.79 Å². The molecule has 1 aliphatic heterocycles. The smallest absolute Gasteiger partial charge is 0.331 e. The molecule has 226 valence electrons. The molecule has 0 bridgehead atoms. The Labute approximate surface area is 274 Å². The lowest BCUT2D eigenvalue weighted by molar-refractivity contribution is 0.259. The van der Waals surface area contributed by atoms with Crippen molar-refractivity contribution in [3.8, 4) is 0 Å². The minimum atomic E-state index is -0.340. The summed E-state index contributed by atoms with van der Waals surface area (Å²) in [4.78, 5) is 25.0. The standard InChI is InChI=1S/C35H33Cl2N5O.ClH/c1-25-16-17-28-31(38-25)13-7-15-33(28)41-22-20-40(21-23-41)19-18-26-8-6-9-27(24-26)42(34-14-5-3-11-30(34)37)35(43)39-32-12-4-2-10-29(32)36;/h2-17,24H,18-23H2,1H3,(H,39,43);1H. The van der Waals surface area contributed by atoms with Crippen LogP contribution in [-0.4, -0.2) is 48.6 Å². The second-order valence-corrected chi connectivity index (χ2v) is 11.6. The first kappa shape index (κ1) is 31.6. The molecule has 0 saturated carbocycles. The summed E-state index contributed by atoms with van der Waals surface area (Å²) in [6.07, 6.45) is 0.869. The number of rotatable bonds is 7. The van der Waals surface area contributed by atoms with Gasteiger partial charge < -0.3 is 10.2 Å². The monoisotopic (exact) mass is 645 g/mol. The van der Waals surface area contributed by atoms with Crippen molar-refractivity contribution in [3.63, 3.8) is 0 Å². The number of halogens is 3. The van der Waals surface area contributed by atoms with Crippen molar-refractivity contribution in [2.75, 3.05) is 47.8 Å². The lowest BCUT2D eigenvalue weighted by Crippen LogP contribution is -2.47. The molecule has 6 rings (SSSR count). The van der Waals surface area contributed by atoms with Gasteiger partial charge in [0.2, 0.25) is 0 Å². The van der Waals surface area contributed by atoms with E-state index in [-0.39, 0.29) is 18.4 Å². The van der Waals surface area contributed by atoms with E-state index in [4.69, 9.17) is 28.2 Å². The zero-order valence-corrected chi connectivity index (χ0v) is 26.7. The van der Waals surface area contributed by atoms with Crippen LogP contribution in [0.15, 0.2) is 103 Å². The summed E-state index contributed by atoms with van der Waals surface area (Å²) in [6, 6.07) is 33.0. The van der Waals surface area contributed by atoms with E-state index in [1.807, 2.05) is 49.4 Å². The summed E-state index contributed by atoms with van der Waals surface area (Å²) in [6.45, 7) is 6.88. The summed E-state index contributed by atoms with van der Waals surface area (Å²) >= 11 is 12.9. The summed E-state index contributed by atoms with van der Waals surface area (Å²) in [7, 11) is 0. The van der Waals surface area contributed by atoms with Crippen molar-refractivity contribution in [2.45, 2.75) is 13.3 Å². The summed E-state index contributed by atoms with van der Waals surface area (Å²) in [5.74, 6) is 0. The number of carbonyl (C=O) groups is 1. The number of carbonyl (C=O) groups excluding carboxylic acids is 1. The van der Waals surface area contributed by atoms with Gasteiger partial charge in [0.05, 0.1) is 32.6 Å². The molecule has 2 heterocycles. The normalized spacial score (nSPS) is 13.4. The molecule has 2 amide bonds. The molecule has 1 N–H and O–H groups in total. The fraction of sp³-hybridized carbons (Fsp3) is 0.200. The van der Waals surface area contributed by atoms with Gasteiger partial charge in [-0.05, 0) is 79.6 Å². The van der Waals surface area contributed by atoms with Crippen molar-refractivity contribution in [1.29, 1.82) is 0 Å². The van der Waals surface area contributed by atoms with Crippen molar-refractivity contribution in [2.24, 2.45) is 0 Å². The van der Waals surface area contributed by atoms with E-state index >= 15 is 0 Å². The third kappa shape index (κ3) is 7.11. The zero-order chi connectivity index (χ0) is 29.8. The number of urea groups is 1. The van der Waals surface area contributed by atoms with Crippen molar-refractivity contribution in [3.05, 3.63) is 124 Å². The lowest BCUT2D eigenvalue weighted by Gasteiger charge is -2.36. The highest BCUT2D eigenvalue weighted by molar-refractivity contribution is 6.35. The number of nitrogens with one attached hydrogen (secondary N) is 1. The number of nitrogens with zero attached hydrogens (tertiary/aromatic N) is 4. The van der Waals surface area contributed by atoms with Gasteiger partial charge in [-0.15, -0.1) is 12.4 Å². The van der Waals surface area contributed by atoms with E-state index in [0.29, 0.717) is 21.4 Å². The molecule has 5 aromatic rings. The number of benzene rings is 4. The maximum atomic E-state index is 13.7. The van der Waals surface area contributed by atoms with Crippen LogP contribution < -0.4 is 15.1 Å². The van der Waals surface area contributed by atoms with Crippen LogP contribution >= 0.6 is 35.6 Å². The first-order valence-corrected chi connectivity index (χ1v) is 15.2. The minimum absolute atomic E-state index is 0. The van der Waals surface area contributed by atoms with Gasteiger partial charge in [0.1, 0.15) is 0 Å². The van der Waals surface area contributed by atoms with Gasteiger partial charge in [-0.1, -0.05) is 65.7 Å². The van der Waals surface area contributed by atoms with Crippen LogP contribution in [0.25, 0.3) is 10.9 Å². The summed E-state index contributed by atoms with van der Waals surface area (Å²) < 4.78 is 0. The first-order valence-electron chi connectivity index (χ1n) is 14.5. The molecule has 9 heteroatoms. The van der Waals surface area contributed by atoms with E-state index in [0.717, 1.165) is 61.6 Å². The second kappa shape index (κ2) is 14.3. The highest BCUT2D eigenvalue weighted by Gasteiger charge is 2.22. The van der Waals surface area contributed by atoms with E-state index < -0.39 is 0 Å². The molecular weight excluding hydrogens is 613 g/mol. The molecule has 0 atom stereocenters. The number of hydrogen-bond acceptors (Lipinski definition) is 4. The molecule has 0 aliphatic carbocycles. The Morgan fingerprint density at radius 1 is 0.841 bits per heavy atom. The van der Waals surface area contributed by atoms with Gasteiger partial charge in [-0.3, -0.25) is 14.8 Å². The molecule has 1 fully saturated rings. The number of hydrogen-bond donors (Lipinski definition) is 1. The van der Waals surface area contributed by atoms with Crippen LogP contribution in [0.4, 0.5) is 27.5 Å². The summed E-state index contributed by atoms with van der Waals surface area (Å²) in [5, 5.41) is 5.11. The Kier molecular flexibility index (Phi) is 10.3. The van der Waals surface area contributed by atoms with E-state index in [1.54, 1.807) is 23.1 Å². The summed E-state index contributed by atoms with van der Waals surface area (Å²) in [5.41, 5.74) is 6.36. The maximum absolute atomic E-state index is 13.7. The third-order valence-electron chi connectivity index (χ3n) is 7.86. The average Bonchev–Trinajstić information content (AvgIpc) is 3.02. The van der Waals surface area contributed by atoms with Crippen LogP contribution in [0.1, 0.15) is 11.3 Å². The van der Waals surface area contributed by atoms with Gasteiger partial charge in [0.15, 0.2) is 0 Å². The highest BCUT2D eigenvalue weighted by atomic mass is 35.5. The fourth-order valence-corrected chi connectivity index (χ4v) is 6.00. The SMILES string of the molecule is Cc1ccc2c(N3CCN(CCc4cccc(N(C(=O)Nc5ccccc5Cl)c5ccccc5Cl)c4)CC3)cccc2n1.Cl. The Balaban J connectivity index is 0.00000384. The molecule has 6 nitrogen and oxygen atoms in total. The number of amides is 2. The van der Waals surface area contributed by atoms with Gasteiger partial charge >= 0.3 is 6.03 Å². The number of fused-ring (bicyclic) bond motifs is 1. The van der Waals surface area contributed by atoms with Crippen molar-refractivity contribution >= 4 is 75.3 Å². The highest BCUT2D eigenvalue weighted by Crippen LogP contribution is 2.34. The number of aromatic nitrogens is 1. The van der Waals surface area contributed by atoms with Gasteiger partial charge in [-0.2, -0.15) is 0 Å². The van der Waals surface area contributed by atoms with Gasteiger partial charge in [0.25, 0.3) is 0 Å². The topological polar surface area (TPSA) is 51.7 Å². The van der Waals surface area contributed by atoms with Crippen LogP contribution in [0.2, 0.25) is 10.0 Å². The van der Waals surface area contributed by atoms with Crippen LogP contribution in [-0.2, 0) is 6.42 Å². The predicted molar refractivity (Wildman–Crippen MR) is 187 cm³/mol. The molecular formula is C35H34Cl3N5O. The van der Waals surface area contributed by atoms with Crippen LogP contribution in [0.5, 0.6) is 0 Å². The molecule has 0 spiro atoms. The zero-order valence-electron chi connectivity index (χ0n) is 24.4. The van der Waals surface area contributed by atoms with Crippen LogP contribution in [0.3, 0.4) is 0 Å². The molecule has 4 aromatic carbocycles. The second-order valence-electron chi connectivity index (χ2n) is 10.7. The number of pyridine rings is 1. The van der Waals surface area contributed by atoms with E-state index in [2.05, 4.69) is 57.6 Å². The van der Waals surface area contributed by atoms with Crippen LogP contribution in [0, 0.1) is 6.92 Å². The van der Waals surface area contributed by atoms with Crippen molar-refractivity contribution in [1.82, 2.24) is 9.88 Å². The number of para-hydroxylation sites is 2. The molecule has 1 saturated heterocycles. The minimum Gasteiger partial charge on any atom is -0.368 e. The fourth-order valence-electron chi connectivity index (χ4n) is 5.60. The van der Waals surface area contributed by atoms with Gasteiger partial charge in [0, 0.05) is 49.5 Å². The largest absolute Gasteiger partial charge is 0.368 e. The Hall–Kier alpha value is -3.81. The quantitative estimate of drug-likeness (QED) is 0.192. The molecule has 44 heavy (non-hydrogen) atoms. The predicted octanol–water partition coefficient (Wildman–Crippen LogP) is 9.01. The molecule has 0 radical (unpaired) electrons. The first-order chi connectivity index (χ1) is 21.0. The lowest BCUT2D eigenvalue weighted by atomic mass is 10.1. The third-order valence-corrected chi connectivity index (χ3v) is 8.51. The molecule has 1 aromatic heterocycles.